The highest BCUT2D eigenvalue weighted by Crippen LogP contribution is 2.31. The quantitative estimate of drug-likeness (QED) is 0.440. The highest BCUT2D eigenvalue weighted by Gasteiger charge is 2.36. The monoisotopic (exact) mass is 462 g/mol. The van der Waals surface area contributed by atoms with E-state index in [-0.39, 0.29) is 0 Å². The fourth-order valence-electron chi connectivity index (χ4n) is 3.41. The van der Waals surface area contributed by atoms with Gasteiger partial charge in [-0.1, -0.05) is 52.3 Å². The molecule has 8 heteroatoms. The van der Waals surface area contributed by atoms with E-state index < -0.39 is 42.2 Å². The molecule has 5 N–H and O–H groups in total. The molecule has 0 saturated carbocycles. The van der Waals surface area contributed by atoms with Crippen LogP contribution < -0.4 is 10.6 Å². The minimum absolute atomic E-state index is 0.380. The lowest BCUT2D eigenvalue weighted by Gasteiger charge is -2.23. The number of nitrogens with one attached hydrogen (secondary N) is 2. The summed E-state index contributed by atoms with van der Waals surface area (Å²) in [6.07, 6.45) is -4.37. The van der Waals surface area contributed by atoms with Crippen LogP contribution in [0.5, 0.6) is 0 Å². The van der Waals surface area contributed by atoms with Gasteiger partial charge in [0.25, 0.3) is 11.8 Å². The maximum atomic E-state index is 12.4. The summed E-state index contributed by atoms with van der Waals surface area (Å²) in [7, 11) is 0. The van der Waals surface area contributed by atoms with E-state index in [1.807, 2.05) is 36.4 Å². The van der Waals surface area contributed by atoms with E-state index in [4.69, 9.17) is 0 Å². The molecule has 0 bridgehead atoms. The predicted octanol–water partition coefficient (Wildman–Crippen LogP) is 1.12. The topological polar surface area (TPSA) is 119 Å². The Balaban J connectivity index is 1.60. The average Bonchev–Trinajstić information content (AvgIpc) is 3.02. The van der Waals surface area contributed by atoms with Crippen molar-refractivity contribution in [3.63, 3.8) is 0 Å². The standard InChI is InChI=1S/C21H23BrN2O5/c1-11(12-6-8-14(22)9-7-12)23-20(28)18(26)19(27)21(29)24-17-15-5-3-2-4-13(15)10-16(17)25/h2-9,11,16-19,25-27H,10H2,1H3,(H,23,28)(H,24,29)/t11-,16+,17-,18+,19+/m0/s1. The first-order valence-electron chi connectivity index (χ1n) is 9.26. The lowest BCUT2D eigenvalue weighted by atomic mass is 10.1. The number of halogens is 1. The summed E-state index contributed by atoms with van der Waals surface area (Å²) >= 11 is 3.33. The van der Waals surface area contributed by atoms with Crippen LogP contribution in [0, 0.1) is 0 Å². The molecule has 1 aliphatic carbocycles. The highest BCUT2D eigenvalue weighted by molar-refractivity contribution is 9.10. The Morgan fingerprint density at radius 3 is 2.34 bits per heavy atom. The molecule has 0 saturated heterocycles. The van der Waals surface area contributed by atoms with Crippen molar-refractivity contribution >= 4 is 27.7 Å². The third kappa shape index (κ3) is 4.84. The van der Waals surface area contributed by atoms with Gasteiger partial charge in [-0.15, -0.1) is 0 Å². The van der Waals surface area contributed by atoms with Gasteiger partial charge in [-0.2, -0.15) is 0 Å². The van der Waals surface area contributed by atoms with Gasteiger partial charge in [0, 0.05) is 10.9 Å². The van der Waals surface area contributed by atoms with Gasteiger partial charge in [0.15, 0.2) is 12.2 Å². The summed E-state index contributed by atoms with van der Waals surface area (Å²) in [6.45, 7) is 1.73. The number of carbonyl (C=O) groups is 2. The van der Waals surface area contributed by atoms with Gasteiger partial charge >= 0.3 is 0 Å². The molecule has 5 atom stereocenters. The zero-order chi connectivity index (χ0) is 21.1. The third-order valence-corrected chi connectivity index (χ3v) is 5.60. The first kappa shape index (κ1) is 21.4. The van der Waals surface area contributed by atoms with Gasteiger partial charge in [0.1, 0.15) is 0 Å². The fourth-order valence-corrected chi connectivity index (χ4v) is 3.67. The molecule has 2 aromatic carbocycles. The van der Waals surface area contributed by atoms with E-state index >= 15 is 0 Å². The van der Waals surface area contributed by atoms with Crippen LogP contribution >= 0.6 is 15.9 Å². The normalized spacial score (nSPS) is 21.0. The third-order valence-electron chi connectivity index (χ3n) is 5.07. The molecule has 154 valence electrons. The number of carbonyl (C=O) groups excluding carboxylic acids is 2. The summed E-state index contributed by atoms with van der Waals surface area (Å²) in [4.78, 5) is 24.7. The Morgan fingerprint density at radius 1 is 1.03 bits per heavy atom. The molecule has 7 nitrogen and oxygen atoms in total. The van der Waals surface area contributed by atoms with Crippen molar-refractivity contribution in [1.82, 2.24) is 10.6 Å². The van der Waals surface area contributed by atoms with Crippen molar-refractivity contribution in [3.8, 4) is 0 Å². The molecule has 0 radical (unpaired) electrons. The molecule has 1 aliphatic rings. The number of aliphatic hydroxyl groups is 3. The maximum absolute atomic E-state index is 12.4. The van der Waals surface area contributed by atoms with Crippen LogP contribution in [0.25, 0.3) is 0 Å². The molecule has 2 aromatic rings. The lowest BCUT2D eigenvalue weighted by molar-refractivity contribution is -0.147. The van der Waals surface area contributed by atoms with Gasteiger partial charge in [-0.25, -0.2) is 0 Å². The van der Waals surface area contributed by atoms with Gasteiger partial charge in [0.05, 0.1) is 18.2 Å². The van der Waals surface area contributed by atoms with Crippen molar-refractivity contribution < 1.29 is 24.9 Å². The first-order valence-corrected chi connectivity index (χ1v) is 10.1. The van der Waals surface area contributed by atoms with Crippen LogP contribution in [0.3, 0.4) is 0 Å². The largest absolute Gasteiger partial charge is 0.390 e. The number of hydrogen-bond acceptors (Lipinski definition) is 5. The van der Waals surface area contributed by atoms with E-state index in [2.05, 4.69) is 26.6 Å². The minimum atomic E-state index is -1.97. The Morgan fingerprint density at radius 2 is 1.66 bits per heavy atom. The van der Waals surface area contributed by atoms with Gasteiger partial charge in [-0.3, -0.25) is 9.59 Å². The second kappa shape index (κ2) is 9.04. The van der Waals surface area contributed by atoms with Crippen LogP contribution in [0.4, 0.5) is 0 Å². The summed E-state index contributed by atoms with van der Waals surface area (Å²) in [5.41, 5.74) is 2.46. The number of hydrogen-bond donors (Lipinski definition) is 5. The van der Waals surface area contributed by atoms with E-state index in [0.29, 0.717) is 6.42 Å². The summed E-state index contributed by atoms with van der Waals surface area (Å²) in [5, 5.41) is 35.6. The van der Waals surface area contributed by atoms with Crippen molar-refractivity contribution in [2.45, 2.75) is 43.7 Å². The molecular weight excluding hydrogens is 440 g/mol. The zero-order valence-electron chi connectivity index (χ0n) is 15.7. The van der Waals surface area contributed by atoms with E-state index in [1.165, 1.54) is 0 Å². The lowest BCUT2D eigenvalue weighted by Crippen LogP contribution is -2.51. The Bertz CT molecular complexity index is 889. The van der Waals surface area contributed by atoms with Crippen LogP contribution in [-0.2, 0) is 16.0 Å². The Labute approximate surface area is 176 Å². The number of rotatable bonds is 6. The summed E-state index contributed by atoms with van der Waals surface area (Å²) < 4.78 is 0.891. The number of benzene rings is 2. The predicted molar refractivity (Wildman–Crippen MR) is 110 cm³/mol. The molecule has 0 heterocycles. The van der Waals surface area contributed by atoms with Crippen LogP contribution in [0.15, 0.2) is 53.0 Å². The fraction of sp³-hybridized carbons (Fsp3) is 0.333. The smallest absolute Gasteiger partial charge is 0.252 e. The highest BCUT2D eigenvalue weighted by atomic mass is 79.9. The van der Waals surface area contributed by atoms with Crippen molar-refractivity contribution in [2.24, 2.45) is 0 Å². The second-order valence-electron chi connectivity index (χ2n) is 7.13. The molecule has 0 spiro atoms. The Hall–Kier alpha value is -2.26. The van der Waals surface area contributed by atoms with Gasteiger partial charge in [-0.05, 0) is 35.7 Å². The molecular formula is C21H23BrN2O5. The number of aliphatic hydroxyl groups excluding tert-OH is 3. The van der Waals surface area contributed by atoms with E-state index in [0.717, 1.165) is 21.2 Å². The van der Waals surface area contributed by atoms with Crippen LogP contribution in [-0.4, -0.2) is 45.4 Å². The molecule has 0 fully saturated rings. The molecule has 0 aliphatic heterocycles. The molecule has 29 heavy (non-hydrogen) atoms. The molecule has 0 unspecified atom stereocenters. The Kier molecular flexibility index (Phi) is 6.69. The van der Waals surface area contributed by atoms with Crippen LogP contribution in [0.1, 0.15) is 35.7 Å². The maximum Gasteiger partial charge on any atom is 0.252 e. The SMILES string of the molecule is C[C@H](NC(=O)[C@H](O)[C@@H](O)C(=O)N[C@H]1c2ccccc2C[C@H]1O)c1ccc(Br)cc1. The second-order valence-corrected chi connectivity index (χ2v) is 8.04. The number of amides is 2. The summed E-state index contributed by atoms with van der Waals surface area (Å²) in [6, 6.07) is 13.4. The van der Waals surface area contributed by atoms with E-state index in [1.54, 1.807) is 19.1 Å². The summed E-state index contributed by atoms with van der Waals surface area (Å²) in [5.74, 6) is -1.79. The van der Waals surface area contributed by atoms with Crippen molar-refractivity contribution in [1.29, 1.82) is 0 Å². The molecule has 3 rings (SSSR count). The number of fused-ring (bicyclic) bond motifs is 1. The zero-order valence-corrected chi connectivity index (χ0v) is 17.3. The minimum Gasteiger partial charge on any atom is -0.390 e. The van der Waals surface area contributed by atoms with Crippen molar-refractivity contribution in [3.05, 3.63) is 69.7 Å². The molecule has 0 aromatic heterocycles. The average molecular weight is 463 g/mol. The van der Waals surface area contributed by atoms with Gasteiger partial charge < -0.3 is 26.0 Å². The van der Waals surface area contributed by atoms with Crippen LogP contribution in [0.2, 0.25) is 0 Å². The molecule has 2 amide bonds. The van der Waals surface area contributed by atoms with Gasteiger partial charge in [0.2, 0.25) is 0 Å². The van der Waals surface area contributed by atoms with Crippen molar-refractivity contribution in [2.75, 3.05) is 0 Å². The first-order chi connectivity index (χ1) is 13.8. The van der Waals surface area contributed by atoms with E-state index in [9.17, 15) is 24.9 Å².